The topological polar surface area (TPSA) is 98.6 Å². The predicted molar refractivity (Wildman–Crippen MR) is 63.8 cm³/mol. The van der Waals surface area contributed by atoms with Gasteiger partial charge < -0.3 is 0 Å². The Bertz CT molecular complexity index is 671. The van der Waals surface area contributed by atoms with Gasteiger partial charge in [0.1, 0.15) is 0 Å². The van der Waals surface area contributed by atoms with Gasteiger partial charge in [0.15, 0.2) is 0 Å². The van der Waals surface area contributed by atoms with Crippen molar-refractivity contribution in [2.75, 3.05) is 0 Å². The molecule has 0 aliphatic rings. The minimum Gasteiger partial charge on any atom is -0.285 e. The number of nitriles is 1. The lowest BCUT2D eigenvalue weighted by Crippen LogP contribution is -2.23. The molecular formula is C11H10N4O2S. The first kappa shape index (κ1) is 12.3. The van der Waals surface area contributed by atoms with Crippen molar-refractivity contribution < 1.29 is 8.42 Å². The number of sulfonamides is 1. The fraction of sp³-hybridized carbons (Fsp3) is 0.0909. The van der Waals surface area contributed by atoms with E-state index >= 15 is 0 Å². The van der Waals surface area contributed by atoms with E-state index in [0.717, 1.165) is 5.56 Å². The van der Waals surface area contributed by atoms with E-state index in [1.165, 1.54) is 24.4 Å². The van der Waals surface area contributed by atoms with Crippen LogP contribution in [0.1, 0.15) is 11.1 Å². The summed E-state index contributed by atoms with van der Waals surface area (Å²) in [6.45, 7) is 0.148. The molecule has 0 atom stereocenters. The lowest BCUT2D eigenvalue weighted by molar-refractivity contribution is 0.581. The molecule has 6 nitrogen and oxygen atoms in total. The van der Waals surface area contributed by atoms with Crippen molar-refractivity contribution in [3.05, 3.63) is 47.8 Å². The second-order valence-corrected chi connectivity index (χ2v) is 5.34. The van der Waals surface area contributed by atoms with Crippen molar-refractivity contribution >= 4 is 10.0 Å². The molecule has 0 spiro atoms. The van der Waals surface area contributed by atoms with Crippen LogP contribution in [-0.2, 0) is 16.6 Å². The molecule has 2 aromatic rings. The van der Waals surface area contributed by atoms with E-state index in [1.807, 2.05) is 6.07 Å². The van der Waals surface area contributed by atoms with Gasteiger partial charge >= 0.3 is 0 Å². The van der Waals surface area contributed by atoms with E-state index in [4.69, 9.17) is 5.26 Å². The molecule has 92 valence electrons. The van der Waals surface area contributed by atoms with Gasteiger partial charge in [-0.3, -0.25) is 5.10 Å². The van der Waals surface area contributed by atoms with Crippen molar-refractivity contribution in [2.24, 2.45) is 0 Å². The highest BCUT2D eigenvalue weighted by molar-refractivity contribution is 7.89. The highest BCUT2D eigenvalue weighted by Crippen LogP contribution is 2.11. The summed E-state index contributed by atoms with van der Waals surface area (Å²) in [7, 11) is -3.61. The van der Waals surface area contributed by atoms with Crippen molar-refractivity contribution in [2.45, 2.75) is 11.4 Å². The largest absolute Gasteiger partial charge is 0.285 e. The highest BCUT2D eigenvalue weighted by atomic mass is 32.2. The summed E-state index contributed by atoms with van der Waals surface area (Å²) >= 11 is 0. The summed E-state index contributed by atoms with van der Waals surface area (Å²) in [5.74, 6) is 0. The van der Waals surface area contributed by atoms with E-state index in [9.17, 15) is 8.42 Å². The molecule has 1 aromatic carbocycles. The fourth-order valence-electron chi connectivity index (χ4n) is 1.37. The Morgan fingerprint density at radius 1 is 1.44 bits per heavy atom. The number of rotatable bonds is 4. The van der Waals surface area contributed by atoms with Gasteiger partial charge in [-0.15, -0.1) is 0 Å². The molecule has 0 radical (unpaired) electrons. The number of aromatic amines is 1. The summed E-state index contributed by atoms with van der Waals surface area (Å²) < 4.78 is 26.3. The lowest BCUT2D eigenvalue weighted by Gasteiger charge is -2.05. The van der Waals surface area contributed by atoms with Crippen LogP contribution in [0.4, 0.5) is 0 Å². The summed E-state index contributed by atoms with van der Waals surface area (Å²) in [6, 6.07) is 7.76. The molecule has 0 amide bonds. The Morgan fingerprint density at radius 2 is 2.28 bits per heavy atom. The van der Waals surface area contributed by atoms with Crippen LogP contribution in [0, 0.1) is 11.3 Å². The Kier molecular flexibility index (Phi) is 3.41. The zero-order valence-corrected chi connectivity index (χ0v) is 10.1. The predicted octanol–water partition coefficient (Wildman–Crippen LogP) is 0.760. The maximum atomic E-state index is 11.9. The van der Waals surface area contributed by atoms with Crippen molar-refractivity contribution in [3.63, 3.8) is 0 Å². The number of nitrogens with zero attached hydrogens (tertiary/aromatic N) is 2. The fourth-order valence-corrected chi connectivity index (χ4v) is 2.43. The van der Waals surface area contributed by atoms with Crippen molar-refractivity contribution in [3.8, 4) is 6.07 Å². The van der Waals surface area contributed by atoms with E-state index in [1.54, 1.807) is 12.3 Å². The van der Waals surface area contributed by atoms with Crippen LogP contribution in [0.5, 0.6) is 0 Å². The number of nitrogens with one attached hydrogen (secondary N) is 2. The average Bonchev–Trinajstić information content (AvgIpc) is 2.90. The van der Waals surface area contributed by atoms with E-state index in [-0.39, 0.29) is 11.4 Å². The van der Waals surface area contributed by atoms with Gasteiger partial charge in [-0.2, -0.15) is 10.4 Å². The molecule has 1 heterocycles. The molecule has 0 bridgehead atoms. The number of hydrogen-bond acceptors (Lipinski definition) is 4. The van der Waals surface area contributed by atoms with Gasteiger partial charge in [-0.05, 0) is 18.2 Å². The molecule has 1 aromatic heterocycles. The zero-order valence-electron chi connectivity index (χ0n) is 9.29. The monoisotopic (exact) mass is 262 g/mol. The van der Waals surface area contributed by atoms with E-state index in [0.29, 0.717) is 5.56 Å². The summed E-state index contributed by atoms with van der Waals surface area (Å²) in [5, 5.41) is 15.0. The SMILES string of the molecule is N#Cc1cccc(S(=O)(=O)NCc2cn[nH]c2)c1. The molecule has 0 aliphatic heterocycles. The van der Waals surface area contributed by atoms with Crippen LogP contribution >= 0.6 is 0 Å². The smallest absolute Gasteiger partial charge is 0.240 e. The van der Waals surface area contributed by atoms with Crippen LogP contribution in [0.3, 0.4) is 0 Å². The summed E-state index contributed by atoms with van der Waals surface area (Å²) in [6.07, 6.45) is 3.14. The third-order valence-corrected chi connectivity index (χ3v) is 3.69. The van der Waals surface area contributed by atoms with Crippen LogP contribution in [0.25, 0.3) is 0 Å². The molecule has 18 heavy (non-hydrogen) atoms. The quantitative estimate of drug-likeness (QED) is 0.849. The molecule has 0 saturated heterocycles. The van der Waals surface area contributed by atoms with Crippen LogP contribution in [-0.4, -0.2) is 18.6 Å². The highest BCUT2D eigenvalue weighted by Gasteiger charge is 2.14. The van der Waals surface area contributed by atoms with Crippen LogP contribution in [0.2, 0.25) is 0 Å². The standard InChI is InChI=1S/C11H10N4O2S/c12-5-9-2-1-3-11(4-9)18(16,17)15-8-10-6-13-14-7-10/h1-4,6-7,15H,8H2,(H,13,14). The van der Waals surface area contributed by atoms with Gasteiger partial charge in [0.05, 0.1) is 22.7 Å². The summed E-state index contributed by atoms with van der Waals surface area (Å²) in [5.41, 5.74) is 1.04. The normalized spacial score (nSPS) is 11.1. The van der Waals surface area contributed by atoms with Crippen molar-refractivity contribution in [1.82, 2.24) is 14.9 Å². The van der Waals surface area contributed by atoms with Crippen LogP contribution < -0.4 is 4.72 Å². The third kappa shape index (κ3) is 2.74. The Hall–Kier alpha value is -2.17. The Morgan fingerprint density at radius 3 is 2.94 bits per heavy atom. The van der Waals surface area contributed by atoms with Crippen molar-refractivity contribution in [1.29, 1.82) is 5.26 Å². The van der Waals surface area contributed by atoms with Crippen LogP contribution in [0.15, 0.2) is 41.6 Å². The van der Waals surface area contributed by atoms with Gasteiger partial charge in [0, 0.05) is 18.3 Å². The minimum absolute atomic E-state index is 0.0741. The second kappa shape index (κ2) is 5.00. The molecular weight excluding hydrogens is 252 g/mol. The number of benzene rings is 1. The molecule has 2 rings (SSSR count). The minimum atomic E-state index is -3.61. The molecule has 0 unspecified atom stereocenters. The molecule has 0 saturated carbocycles. The first-order valence-corrected chi connectivity index (χ1v) is 6.57. The summed E-state index contributed by atoms with van der Waals surface area (Å²) in [4.78, 5) is 0.0741. The van der Waals surface area contributed by atoms with Gasteiger partial charge in [-0.1, -0.05) is 6.07 Å². The molecule has 7 heteroatoms. The number of aromatic nitrogens is 2. The maximum absolute atomic E-state index is 11.9. The number of H-pyrrole nitrogens is 1. The van der Waals surface area contributed by atoms with Gasteiger partial charge in [0.25, 0.3) is 0 Å². The third-order valence-electron chi connectivity index (χ3n) is 2.29. The second-order valence-electron chi connectivity index (χ2n) is 3.57. The average molecular weight is 262 g/mol. The molecule has 2 N–H and O–H groups in total. The Balaban J connectivity index is 2.18. The van der Waals surface area contributed by atoms with E-state index < -0.39 is 10.0 Å². The molecule has 0 aliphatic carbocycles. The maximum Gasteiger partial charge on any atom is 0.240 e. The van der Waals surface area contributed by atoms with Gasteiger partial charge in [0.2, 0.25) is 10.0 Å². The number of hydrogen-bond donors (Lipinski definition) is 2. The first-order chi connectivity index (χ1) is 8.62. The molecule has 0 fully saturated rings. The zero-order chi connectivity index (χ0) is 13.0. The van der Waals surface area contributed by atoms with E-state index in [2.05, 4.69) is 14.9 Å². The Labute approximate surface area is 104 Å². The van der Waals surface area contributed by atoms with Gasteiger partial charge in [-0.25, -0.2) is 13.1 Å². The lowest BCUT2D eigenvalue weighted by atomic mass is 10.2. The first-order valence-electron chi connectivity index (χ1n) is 5.09.